The van der Waals surface area contributed by atoms with E-state index in [1.54, 1.807) is 7.11 Å². The Balaban J connectivity index is 1.71. The van der Waals surface area contributed by atoms with Crippen molar-refractivity contribution in [3.8, 4) is 5.75 Å². The average Bonchev–Trinajstić information content (AvgIpc) is 3.28. The minimum Gasteiger partial charge on any atom is -0.497 e. The van der Waals surface area contributed by atoms with E-state index in [1.165, 1.54) is 24.3 Å². The molecule has 102 valence electrons. The predicted octanol–water partition coefficient (Wildman–Crippen LogP) is 3.16. The van der Waals surface area contributed by atoms with Gasteiger partial charge in [-0.15, -0.1) is 0 Å². The summed E-state index contributed by atoms with van der Waals surface area (Å²) in [5, 5.41) is 0. The van der Waals surface area contributed by atoms with Crippen molar-refractivity contribution in [1.82, 2.24) is 0 Å². The van der Waals surface area contributed by atoms with Gasteiger partial charge in [0.15, 0.2) is 11.9 Å². The molecular formula is C16H13FO3. The first-order valence-corrected chi connectivity index (χ1v) is 6.28. The minimum atomic E-state index is -0.478. The van der Waals surface area contributed by atoms with Crippen molar-refractivity contribution in [2.24, 2.45) is 0 Å². The molecule has 0 aromatic heterocycles. The summed E-state index contributed by atoms with van der Waals surface area (Å²) in [6.45, 7) is 0. The fourth-order valence-electron chi connectivity index (χ4n) is 2.14. The Morgan fingerprint density at radius 3 is 2.35 bits per heavy atom. The maximum Gasteiger partial charge on any atom is 0.194 e. The number of methoxy groups -OCH3 is 1. The van der Waals surface area contributed by atoms with E-state index in [-0.39, 0.29) is 17.7 Å². The molecule has 4 heteroatoms. The van der Waals surface area contributed by atoms with Gasteiger partial charge in [-0.25, -0.2) is 4.39 Å². The van der Waals surface area contributed by atoms with Crippen LogP contribution in [0.4, 0.5) is 4.39 Å². The van der Waals surface area contributed by atoms with E-state index in [0.717, 1.165) is 11.3 Å². The standard InChI is InChI=1S/C16H13FO3/c1-19-13-8-4-11(5-9-13)15-16(20-15)14(18)10-2-6-12(17)7-3-10/h2-9,15-16H,1H3/t15-,16-/m1/s1. The number of hydrogen-bond donors (Lipinski definition) is 0. The van der Waals surface area contributed by atoms with Gasteiger partial charge >= 0.3 is 0 Å². The van der Waals surface area contributed by atoms with Crippen LogP contribution < -0.4 is 4.74 Å². The van der Waals surface area contributed by atoms with E-state index >= 15 is 0 Å². The molecule has 1 aliphatic rings. The van der Waals surface area contributed by atoms with Gasteiger partial charge in [0.25, 0.3) is 0 Å². The number of carbonyl (C=O) groups excluding carboxylic acids is 1. The zero-order chi connectivity index (χ0) is 14.1. The van der Waals surface area contributed by atoms with E-state index < -0.39 is 6.10 Å². The number of ether oxygens (including phenoxy) is 2. The van der Waals surface area contributed by atoms with Gasteiger partial charge in [0, 0.05) is 5.56 Å². The van der Waals surface area contributed by atoms with Crippen LogP contribution >= 0.6 is 0 Å². The number of epoxide rings is 1. The maximum absolute atomic E-state index is 12.8. The van der Waals surface area contributed by atoms with Crippen LogP contribution in [0.15, 0.2) is 48.5 Å². The second-order valence-electron chi connectivity index (χ2n) is 4.62. The summed E-state index contributed by atoms with van der Waals surface area (Å²) in [7, 11) is 1.60. The Bertz CT molecular complexity index is 619. The fourth-order valence-corrected chi connectivity index (χ4v) is 2.14. The van der Waals surface area contributed by atoms with Gasteiger partial charge in [0.2, 0.25) is 0 Å². The molecule has 1 aliphatic heterocycles. The number of Topliss-reactive ketones (excluding diaryl/α,β-unsaturated/α-hetero) is 1. The normalized spacial score (nSPS) is 20.5. The Kier molecular flexibility index (Phi) is 3.24. The van der Waals surface area contributed by atoms with Gasteiger partial charge in [0.05, 0.1) is 7.11 Å². The number of halogens is 1. The van der Waals surface area contributed by atoms with Gasteiger partial charge < -0.3 is 9.47 Å². The highest BCUT2D eigenvalue weighted by Gasteiger charge is 2.46. The third kappa shape index (κ3) is 2.42. The molecule has 0 aliphatic carbocycles. The SMILES string of the molecule is COc1ccc([C@H]2O[C@@H]2C(=O)c2ccc(F)cc2)cc1. The van der Waals surface area contributed by atoms with E-state index in [1.807, 2.05) is 24.3 Å². The molecule has 2 aromatic rings. The summed E-state index contributed by atoms with van der Waals surface area (Å²) >= 11 is 0. The fraction of sp³-hybridized carbons (Fsp3) is 0.188. The molecule has 0 bridgehead atoms. The molecule has 3 nitrogen and oxygen atoms in total. The van der Waals surface area contributed by atoms with E-state index in [0.29, 0.717) is 5.56 Å². The van der Waals surface area contributed by atoms with E-state index in [2.05, 4.69) is 0 Å². The lowest BCUT2D eigenvalue weighted by atomic mass is 10.0. The Morgan fingerprint density at radius 1 is 1.10 bits per heavy atom. The lowest BCUT2D eigenvalue weighted by Gasteiger charge is -2.00. The largest absolute Gasteiger partial charge is 0.497 e. The topological polar surface area (TPSA) is 38.8 Å². The summed E-state index contributed by atoms with van der Waals surface area (Å²) in [4.78, 5) is 12.2. The van der Waals surface area contributed by atoms with Crippen LogP contribution in [0.25, 0.3) is 0 Å². The quantitative estimate of drug-likeness (QED) is 0.634. The number of rotatable bonds is 4. The smallest absolute Gasteiger partial charge is 0.194 e. The molecule has 3 rings (SSSR count). The predicted molar refractivity (Wildman–Crippen MR) is 71.3 cm³/mol. The number of ketones is 1. The van der Waals surface area contributed by atoms with Crippen LogP contribution in [-0.4, -0.2) is 19.0 Å². The highest BCUT2D eigenvalue weighted by atomic mass is 19.1. The minimum absolute atomic E-state index is 0.120. The van der Waals surface area contributed by atoms with Gasteiger partial charge in [-0.1, -0.05) is 12.1 Å². The lowest BCUT2D eigenvalue weighted by molar-refractivity contribution is 0.0953. The molecule has 1 saturated heterocycles. The van der Waals surface area contributed by atoms with Gasteiger partial charge in [-0.3, -0.25) is 4.79 Å². The highest BCUT2D eigenvalue weighted by molar-refractivity contribution is 6.01. The lowest BCUT2D eigenvalue weighted by Crippen LogP contribution is -2.08. The molecule has 1 fully saturated rings. The van der Waals surface area contributed by atoms with Crippen molar-refractivity contribution >= 4 is 5.78 Å². The van der Waals surface area contributed by atoms with Crippen molar-refractivity contribution in [3.63, 3.8) is 0 Å². The molecular weight excluding hydrogens is 259 g/mol. The molecule has 0 radical (unpaired) electrons. The van der Waals surface area contributed by atoms with Gasteiger partial charge in [-0.2, -0.15) is 0 Å². The molecule has 0 amide bonds. The zero-order valence-electron chi connectivity index (χ0n) is 10.9. The van der Waals surface area contributed by atoms with Gasteiger partial charge in [0.1, 0.15) is 17.7 Å². The number of hydrogen-bond acceptors (Lipinski definition) is 3. The molecule has 0 spiro atoms. The van der Waals surface area contributed by atoms with Crippen molar-refractivity contribution in [2.75, 3.05) is 7.11 Å². The Hall–Kier alpha value is -2.20. The molecule has 0 unspecified atom stereocenters. The van der Waals surface area contributed by atoms with Crippen LogP contribution in [0.2, 0.25) is 0 Å². The van der Waals surface area contributed by atoms with E-state index in [4.69, 9.17) is 9.47 Å². The molecule has 0 saturated carbocycles. The van der Waals surface area contributed by atoms with E-state index in [9.17, 15) is 9.18 Å². The van der Waals surface area contributed by atoms with Crippen LogP contribution in [-0.2, 0) is 4.74 Å². The molecule has 2 aromatic carbocycles. The summed E-state index contributed by atoms with van der Waals surface area (Å²) < 4.78 is 23.3. The average molecular weight is 272 g/mol. The first-order valence-electron chi connectivity index (χ1n) is 6.28. The van der Waals surface area contributed by atoms with Crippen molar-refractivity contribution in [3.05, 3.63) is 65.5 Å². The van der Waals surface area contributed by atoms with Crippen molar-refractivity contribution < 1.29 is 18.7 Å². The Labute approximate surface area is 115 Å². The summed E-state index contributed by atoms with van der Waals surface area (Å²) in [5.41, 5.74) is 1.40. The second-order valence-corrected chi connectivity index (χ2v) is 4.62. The first-order chi connectivity index (χ1) is 9.69. The van der Waals surface area contributed by atoms with Gasteiger partial charge in [-0.05, 0) is 42.0 Å². The van der Waals surface area contributed by atoms with Crippen LogP contribution in [0.5, 0.6) is 5.75 Å². The van der Waals surface area contributed by atoms with Crippen molar-refractivity contribution in [1.29, 1.82) is 0 Å². The second kappa shape index (κ2) is 5.06. The summed E-state index contributed by atoms with van der Waals surface area (Å²) in [5.74, 6) is 0.284. The molecule has 0 N–H and O–H groups in total. The summed E-state index contributed by atoms with van der Waals surface area (Å²) in [6, 6.07) is 12.9. The molecule has 20 heavy (non-hydrogen) atoms. The van der Waals surface area contributed by atoms with Crippen LogP contribution in [0.1, 0.15) is 22.0 Å². The zero-order valence-corrected chi connectivity index (χ0v) is 10.9. The molecule has 1 heterocycles. The highest BCUT2D eigenvalue weighted by Crippen LogP contribution is 2.41. The first kappa shape index (κ1) is 12.8. The summed E-state index contributed by atoms with van der Waals surface area (Å²) in [6.07, 6.45) is -0.702. The maximum atomic E-state index is 12.8. The third-order valence-corrected chi connectivity index (χ3v) is 3.32. The van der Waals surface area contributed by atoms with Crippen molar-refractivity contribution in [2.45, 2.75) is 12.2 Å². The third-order valence-electron chi connectivity index (χ3n) is 3.32. The monoisotopic (exact) mass is 272 g/mol. The number of carbonyl (C=O) groups is 1. The van der Waals surface area contributed by atoms with Crippen LogP contribution in [0, 0.1) is 5.82 Å². The molecule has 2 atom stereocenters. The Morgan fingerprint density at radius 2 is 1.75 bits per heavy atom. The van der Waals surface area contributed by atoms with Crippen LogP contribution in [0.3, 0.4) is 0 Å². The number of benzene rings is 2.